The SMILES string of the molecule is C=C(N)c1ccc2nc(-c3cccc(-c4ccc(C(=N)N)o4)c3)[nH]c2c1. The molecule has 0 amide bonds. The number of nitrogens with two attached hydrogens (primary N) is 2. The number of hydrogen-bond donors (Lipinski definition) is 4. The second-order valence-corrected chi connectivity index (χ2v) is 6.00. The molecule has 2 aromatic heterocycles. The summed E-state index contributed by atoms with van der Waals surface area (Å²) in [6, 6.07) is 17.1. The van der Waals surface area contributed by atoms with Crippen molar-refractivity contribution in [3.63, 3.8) is 0 Å². The molecule has 0 atom stereocenters. The summed E-state index contributed by atoms with van der Waals surface area (Å²) in [6.07, 6.45) is 0. The number of rotatable bonds is 4. The molecular formula is C20H17N5O. The van der Waals surface area contributed by atoms with Crippen molar-refractivity contribution in [3.05, 3.63) is 72.5 Å². The molecule has 128 valence electrons. The van der Waals surface area contributed by atoms with Gasteiger partial charge in [0.15, 0.2) is 11.6 Å². The van der Waals surface area contributed by atoms with E-state index in [0.717, 1.165) is 33.5 Å². The fourth-order valence-corrected chi connectivity index (χ4v) is 2.80. The molecule has 0 unspecified atom stereocenters. The van der Waals surface area contributed by atoms with E-state index in [4.69, 9.17) is 21.3 Å². The second kappa shape index (κ2) is 5.93. The van der Waals surface area contributed by atoms with E-state index in [0.29, 0.717) is 17.2 Å². The molecule has 0 saturated carbocycles. The van der Waals surface area contributed by atoms with Gasteiger partial charge in [0.05, 0.1) is 11.0 Å². The van der Waals surface area contributed by atoms with Crippen molar-refractivity contribution >= 4 is 22.6 Å². The number of nitrogens with one attached hydrogen (secondary N) is 2. The molecule has 0 aliphatic rings. The molecule has 0 bridgehead atoms. The third kappa shape index (κ3) is 2.73. The first-order valence-electron chi connectivity index (χ1n) is 8.01. The lowest BCUT2D eigenvalue weighted by Crippen LogP contribution is -2.09. The number of nitrogen functional groups attached to an aromatic ring is 1. The van der Waals surface area contributed by atoms with Crippen molar-refractivity contribution in [3.8, 4) is 22.7 Å². The third-order valence-electron chi connectivity index (χ3n) is 4.14. The maximum absolute atomic E-state index is 7.45. The molecule has 0 spiro atoms. The molecule has 2 aromatic carbocycles. The van der Waals surface area contributed by atoms with Crippen LogP contribution in [0.4, 0.5) is 0 Å². The Morgan fingerprint density at radius 3 is 2.58 bits per heavy atom. The predicted octanol–water partition coefficient (Wildman–Crippen LogP) is 3.70. The normalized spacial score (nSPS) is 10.9. The number of aromatic nitrogens is 2. The van der Waals surface area contributed by atoms with Gasteiger partial charge in [0, 0.05) is 16.8 Å². The topological polar surface area (TPSA) is 118 Å². The van der Waals surface area contributed by atoms with Gasteiger partial charge in [0.25, 0.3) is 0 Å². The Morgan fingerprint density at radius 2 is 1.85 bits per heavy atom. The van der Waals surface area contributed by atoms with E-state index >= 15 is 0 Å². The number of aromatic amines is 1. The highest BCUT2D eigenvalue weighted by atomic mass is 16.3. The fraction of sp³-hybridized carbons (Fsp3) is 0. The van der Waals surface area contributed by atoms with E-state index in [9.17, 15) is 0 Å². The largest absolute Gasteiger partial charge is 0.453 e. The van der Waals surface area contributed by atoms with Crippen molar-refractivity contribution in [2.45, 2.75) is 0 Å². The van der Waals surface area contributed by atoms with Crippen LogP contribution in [0, 0.1) is 5.41 Å². The molecular weight excluding hydrogens is 326 g/mol. The molecule has 6 heteroatoms. The Bertz CT molecular complexity index is 1150. The van der Waals surface area contributed by atoms with Crippen LogP contribution in [0.1, 0.15) is 11.3 Å². The van der Waals surface area contributed by atoms with Crippen LogP contribution >= 0.6 is 0 Å². The molecule has 4 rings (SSSR count). The van der Waals surface area contributed by atoms with Gasteiger partial charge in [-0.3, -0.25) is 5.41 Å². The lowest BCUT2D eigenvalue weighted by Gasteiger charge is -2.01. The minimum absolute atomic E-state index is 0.0954. The summed E-state index contributed by atoms with van der Waals surface area (Å²) in [6.45, 7) is 3.77. The van der Waals surface area contributed by atoms with Gasteiger partial charge in [-0.2, -0.15) is 0 Å². The summed E-state index contributed by atoms with van der Waals surface area (Å²) in [5.41, 5.74) is 16.2. The zero-order valence-corrected chi connectivity index (χ0v) is 13.9. The minimum Gasteiger partial charge on any atom is -0.453 e. The Kier molecular flexibility index (Phi) is 3.58. The van der Waals surface area contributed by atoms with Crippen molar-refractivity contribution < 1.29 is 4.42 Å². The van der Waals surface area contributed by atoms with Crippen LogP contribution in [0.5, 0.6) is 0 Å². The number of fused-ring (bicyclic) bond motifs is 1. The molecule has 0 aliphatic heterocycles. The Morgan fingerprint density at radius 1 is 1.04 bits per heavy atom. The first-order chi connectivity index (χ1) is 12.5. The number of imidazole rings is 1. The Labute approximate surface area is 149 Å². The van der Waals surface area contributed by atoms with Gasteiger partial charge >= 0.3 is 0 Å². The average molecular weight is 343 g/mol. The summed E-state index contributed by atoms with van der Waals surface area (Å²) >= 11 is 0. The van der Waals surface area contributed by atoms with E-state index in [-0.39, 0.29) is 5.84 Å². The smallest absolute Gasteiger partial charge is 0.168 e. The number of hydrogen-bond acceptors (Lipinski definition) is 4. The van der Waals surface area contributed by atoms with Crippen molar-refractivity contribution in [2.24, 2.45) is 11.5 Å². The van der Waals surface area contributed by atoms with Gasteiger partial charge in [-0.05, 0) is 35.9 Å². The standard InChI is InChI=1S/C20H17N5O/c1-11(21)12-5-6-15-16(10-12)25-20(24-15)14-4-2-3-13(9-14)17-7-8-18(26-17)19(22)23/h2-10H,1,21H2,(H3,22,23)(H,24,25). The second-order valence-electron chi connectivity index (χ2n) is 6.00. The van der Waals surface area contributed by atoms with Crippen molar-refractivity contribution in [2.75, 3.05) is 0 Å². The van der Waals surface area contributed by atoms with Crippen LogP contribution in [0.2, 0.25) is 0 Å². The molecule has 2 heterocycles. The van der Waals surface area contributed by atoms with E-state index in [1.54, 1.807) is 12.1 Å². The van der Waals surface area contributed by atoms with Gasteiger partial charge in [-0.15, -0.1) is 0 Å². The average Bonchev–Trinajstić information content (AvgIpc) is 3.28. The molecule has 0 aliphatic carbocycles. The van der Waals surface area contributed by atoms with Crippen LogP contribution < -0.4 is 11.5 Å². The molecule has 4 aromatic rings. The number of nitrogens with zero attached hydrogens (tertiary/aromatic N) is 1. The zero-order chi connectivity index (χ0) is 18.3. The van der Waals surface area contributed by atoms with Crippen LogP contribution in [-0.2, 0) is 0 Å². The highest BCUT2D eigenvalue weighted by Crippen LogP contribution is 2.28. The maximum Gasteiger partial charge on any atom is 0.168 e. The quantitative estimate of drug-likeness (QED) is 0.334. The first kappa shape index (κ1) is 15.7. The fourth-order valence-electron chi connectivity index (χ4n) is 2.80. The Hall–Kier alpha value is -3.80. The number of amidine groups is 1. The van der Waals surface area contributed by atoms with Gasteiger partial charge in [-0.1, -0.05) is 30.8 Å². The summed E-state index contributed by atoms with van der Waals surface area (Å²) in [7, 11) is 0. The molecule has 26 heavy (non-hydrogen) atoms. The zero-order valence-electron chi connectivity index (χ0n) is 13.9. The summed E-state index contributed by atoms with van der Waals surface area (Å²) in [5.74, 6) is 1.65. The number of benzene rings is 2. The summed E-state index contributed by atoms with van der Waals surface area (Å²) < 4.78 is 5.62. The number of furan rings is 1. The molecule has 6 N–H and O–H groups in total. The third-order valence-corrected chi connectivity index (χ3v) is 4.14. The van der Waals surface area contributed by atoms with Gasteiger partial charge in [0.1, 0.15) is 11.6 Å². The van der Waals surface area contributed by atoms with Crippen LogP contribution in [-0.4, -0.2) is 15.8 Å². The summed E-state index contributed by atoms with van der Waals surface area (Å²) in [4.78, 5) is 7.96. The van der Waals surface area contributed by atoms with Gasteiger partial charge < -0.3 is 20.9 Å². The van der Waals surface area contributed by atoms with Crippen molar-refractivity contribution in [1.29, 1.82) is 5.41 Å². The maximum atomic E-state index is 7.45. The van der Waals surface area contributed by atoms with Crippen LogP contribution in [0.15, 0.2) is 65.6 Å². The van der Waals surface area contributed by atoms with Gasteiger partial charge in [-0.25, -0.2) is 4.98 Å². The predicted molar refractivity (Wildman–Crippen MR) is 103 cm³/mol. The lowest BCUT2D eigenvalue weighted by molar-refractivity contribution is 0.571. The van der Waals surface area contributed by atoms with Crippen LogP contribution in [0.3, 0.4) is 0 Å². The monoisotopic (exact) mass is 343 g/mol. The first-order valence-corrected chi connectivity index (χ1v) is 8.01. The highest BCUT2D eigenvalue weighted by molar-refractivity contribution is 5.92. The highest BCUT2D eigenvalue weighted by Gasteiger charge is 2.10. The van der Waals surface area contributed by atoms with E-state index in [2.05, 4.69) is 16.5 Å². The molecule has 6 nitrogen and oxygen atoms in total. The lowest BCUT2D eigenvalue weighted by atomic mass is 10.1. The van der Waals surface area contributed by atoms with E-state index in [1.165, 1.54) is 0 Å². The molecule has 0 fully saturated rings. The minimum atomic E-state index is -0.0954. The number of H-pyrrole nitrogens is 1. The molecule has 0 radical (unpaired) electrons. The van der Waals surface area contributed by atoms with E-state index < -0.39 is 0 Å². The molecule has 0 saturated heterocycles. The summed E-state index contributed by atoms with van der Waals surface area (Å²) in [5, 5.41) is 7.45. The van der Waals surface area contributed by atoms with Crippen molar-refractivity contribution in [1.82, 2.24) is 9.97 Å². The van der Waals surface area contributed by atoms with Gasteiger partial charge in [0.2, 0.25) is 0 Å². The Balaban J connectivity index is 1.75. The van der Waals surface area contributed by atoms with E-state index in [1.807, 2.05) is 42.5 Å². The van der Waals surface area contributed by atoms with Crippen LogP contribution in [0.25, 0.3) is 39.4 Å².